The van der Waals surface area contributed by atoms with Crippen LogP contribution in [-0.2, 0) is 4.79 Å². The topological polar surface area (TPSA) is 84.1 Å². The zero-order valence-corrected chi connectivity index (χ0v) is 12.4. The number of carbonyl (C=O) groups is 1. The Labute approximate surface area is 119 Å². The van der Waals surface area contributed by atoms with Crippen molar-refractivity contribution in [2.75, 3.05) is 30.8 Å². The van der Waals surface area contributed by atoms with Crippen LogP contribution in [0.25, 0.3) is 0 Å². The lowest BCUT2D eigenvalue weighted by atomic mass is 10.2. The van der Waals surface area contributed by atoms with Crippen LogP contribution >= 0.6 is 0 Å². The van der Waals surface area contributed by atoms with Crippen molar-refractivity contribution >= 4 is 17.5 Å². The minimum atomic E-state index is -0.00101. The van der Waals surface area contributed by atoms with Gasteiger partial charge in [0.2, 0.25) is 5.91 Å². The molecule has 110 valence electrons. The van der Waals surface area contributed by atoms with E-state index in [2.05, 4.69) is 15.3 Å². The molecule has 1 fully saturated rings. The number of carbonyl (C=O) groups excluding carboxylic acids is 1. The molecule has 1 aliphatic carbocycles. The van der Waals surface area contributed by atoms with Crippen LogP contribution in [0, 0.1) is 6.92 Å². The molecule has 0 unspecified atom stereocenters. The molecule has 6 heteroatoms. The van der Waals surface area contributed by atoms with E-state index in [1.807, 2.05) is 25.8 Å². The zero-order chi connectivity index (χ0) is 14.7. The lowest BCUT2D eigenvalue weighted by Crippen LogP contribution is -2.36. The first-order chi connectivity index (χ1) is 9.52. The van der Waals surface area contributed by atoms with Crippen molar-refractivity contribution < 1.29 is 4.79 Å². The average molecular weight is 277 g/mol. The molecule has 1 amide bonds. The molecule has 6 nitrogen and oxygen atoms in total. The number of nitrogens with two attached hydrogens (primary N) is 1. The predicted octanol–water partition coefficient (Wildman–Crippen LogP) is 1.21. The van der Waals surface area contributed by atoms with Crippen molar-refractivity contribution in [2.45, 2.75) is 39.0 Å². The van der Waals surface area contributed by atoms with Crippen molar-refractivity contribution in [2.24, 2.45) is 0 Å². The van der Waals surface area contributed by atoms with Gasteiger partial charge in [-0.3, -0.25) is 4.79 Å². The molecule has 3 N–H and O–H groups in total. The van der Waals surface area contributed by atoms with Crippen LogP contribution in [0.15, 0.2) is 0 Å². The number of nitrogen functional groups attached to an aromatic ring is 1. The Morgan fingerprint density at radius 1 is 1.45 bits per heavy atom. The van der Waals surface area contributed by atoms with E-state index in [0.717, 1.165) is 36.5 Å². The fourth-order valence-corrected chi connectivity index (χ4v) is 2.05. The monoisotopic (exact) mass is 277 g/mol. The number of nitrogens with one attached hydrogen (secondary N) is 1. The molecule has 0 atom stereocenters. The van der Waals surface area contributed by atoms with Crippen LogP contribution in [0.2, 0.25) is 0 Å². The molecule has 1 aliphatic rings. The van der Waals surface area contributed by atoms with Gasteiger partial charge in [0.15, 0.2) is 0 Å². The molecular weight excluding hydrogens is 254 g/mol. The molecule has 1 aromatic rings. The second kappa shape index (κ2) is 6.07. The van der Waals surface area contributed by atoms with E-state index in [4.69, 9.17) is 5.73 Å². The van der Waals surface area contributed by atoms with Gasteiger partial charge in [0.1, 0.15) is 17.5 Å². The van der Waals surface area contributed by atoms with Gasteiger partial charge in [-0.15, -0.1) is 0 Å². The lowest BCUT2D eigenvalue weighted by molar-refractivity contribution is -0.119. The molecule has 0 radical (unpaired) electrons. The summed E-state index contributed by atoms with van der Waals surface area (Å²) in [4.78, 5) is 22.6. The van der Waals surface area contributed by atoms with Gasteiger partial charge in [-0.25, -0.2) is 9.97 Å². The van der Waals surface area contributed by atoms with Crippen molar-refractivity contribution in [1.29, 1.82) is 0 Å². The van der Waals surface area contributed by atoms with Crippen molar-refractivity contribution in [3.8, 4) is 0 Å². The highest BCUT2D eigenvalue weighted by Crippen LogP contribution is 2.39. The molecule has 0 saturated heterocycles. The third-order valence-corrected chi connectivity index (χ3v) is 3.43. The third-order valence-electron chi connectivity index (χ3n) is 3.43. The summed E-state index contributed by atoms with van der Waals surface area (Å²) in [5.74, 6) is 2.52. The van der Waals surface area contributed by atoms with Gasteiger partial charge >= 0.3 is 0 Å². The minimum absolute atomic E-state index is 0.00101. The summed E-state index contributed by atoms with van der Waals surface area (Å²) in [7, 11) is 1.86. The Hall–Kier alpha value is -1.85. The molecular formula is C14H23N5O. The number of hydrogen-bond donors (Lipinski definition) is 2. The second-order valence-corrected chi connectivity index (χ2v) is 5.40. The molecule has 1 aromatic heterocycles. The van der Waals surface area contributed by atoms with Crippen LogP contribution in [0.1, 0.15) is 43.5 Å². The van der Waals surface area contributed by atoms with Gasteiger partial charge in [0, 0.05) is 25.1 Å². The molecule has 0 aromatic carbocycles. The molecule has 0 spiro atoms. The second-order valence-electron chi connectivity index (χ2n) is 5.40. The predicted molar refractivity (Wildman–Crippen MR) is 79.7 cm³/mol. The fourth-order valence-electron chi connectivity index (χ4n) is 2.05. The zero-order valence-electron chi connectivity index (χ0n) is 12.4. The molecule has 1 saturated carbocycles. The molecule has 1 heterocycles. The smallest absolute Gasteiger partial charge is 0.239 e. The van der Waals surface area contributed by atoms with Gasteiger partial charge in [-0.05, 0) is 26.2 Å². The fraction of sp³-hybridized carbons (Fsp3) is 0.643. The van der Waals surface area contributed by atoms with Crippen LogP contribution in [-0.4, -0.2) is 36.0 Å². The van der Waals surface area contributed by atoms with Gasteiger partial charge in [0.25, 0.3) is 0 Å². The summed E-state index contributed by atoms with van der Waals surface area (Å²) in [6.45, 7) is 4.90. The summed E-state index contributed by atoms with van der Waals surface area (Å²) in [5, 5.41) is 2.86. The van der Waals surface area contributed by atoms with E-state index in [0.29, 0.717) is 18.3 Å². The van der Waals surface area contributed by atoms with Crippen LogP contribution in [0.3, 0.4) is 0 Å². The number of likely N-dealkylation sites (N-methyl/N-ethyl adjacent to an activating group) is 1. The standard InChI is InChI=1S/C14H23N5O/c1-4-7-16-11(20)8-19(3)14-9(2)12(15)17-13(18-14)10-5-6-10/h10H,4-8H2,1-3H3,(H,16,20)(H2,15,17,18). The molecule has 2 rings (SSSR count). The highest BCUT2D eigenvalue weighted by Gasteiger charge is 2.28. The van der Waals surface area contributed by atoms with Gasteiger partial charge in [-0.2, -0.15) is 0 Å². The average Bonchev–Trinajstić information content (AvgIpc) is 3.23. The Balaban J connectivity index is 2.11. The maximum Gasteiger partial charge on any atom is 0.239 e. The Kier molecular flexibility index (Phi) is 4.42. The highest BCUT2D eigenvalue weighted by molar-refractivity contribution is 5.81. The Morgan fingerprint density at radius 2 is 2.15 bits per heavy atom. The number of aromatic nitrogens is 2. The van der Waals surface area contributed by atoms with E-state index < -0.39 is 0 Å². The summed E-state index contributed by atoms with van der Waals surface area (Å²) in [6.07, 6.45) is 3.19. The Bertz CT molecular complexity index is 499. The summed E-state index contributed by atoms with van der Waals surface area (Å²) >= 11 is 0. The number of amides is 1. The largest absolute Gasteiger partial charge is 0.383 e. The molecule has 0 bridgehead atoms. The van der Waals surface area contributed by atoms with E-state index in [9.17, 15) is 4.79 Å². The number of hydrogen-bond acceptors (Lipinski definition) is 5. The van der Waals surface area contributed by atoms with E-state index >= 15 is 0 Å². The van der Waals surface area contributed by atoms with Crippen LogP contribution < -0.4 is 16.0 Å². The summed E-state index contributed by atoms with van der Waals surface area (Å²) in [5.41, 5.74) is 6.79. The minimum Gasteiger partial charge on any atom is -0.383 e. The quantitative estimate of drug-likeness (QED) is 0.816. The van der Waals surface area contributed by atoms with Crippen molar-refractivity contribution in [3.63, 3.8) is 0 Å². The first kappa shape index (κ1) is 14.6. The molecule has 0 aliphatic heterocycles. The first-order valence-corrected chi connectivity index (χ1v) is 7.14. The van der Waals surface area contributed by atoms with Gasteiger partial charge < -0.3 is 16.0 Å². The number of nitrogens with zero attached hydrogens (tertiary/aromatic N) is 3. The first-order valence-electron chi connectivity index (χ1n) is 7.14. The SMILES string of the molecule is CCCNC(=O)CN(C)c1nc(C2CC2)nc(N)c1C. The van der Waals surface area contributed by atoms with E-state index in [1.54, 1.807) is 0 Å². The van der Waals surface area contributed by atoms with E-state index in [-0.39, 0.29) is 12.5 Å². The summed E-state index contributed by atoms with van der Waals surface area (Å²) < 4.78 is 0. The van der Waals surface area contributed by atoms with Crippen LogP contribution in [0.5, 0.6) is 0 Å². The van der Waals surface area contributed by atoms with Crippen molar-refractivity contribution in [1.82, 2.24) is 15.3 Å². The number of rotatable bonds is 6. The maximum atomic E-state index is 11.8. The van der Waals surface area contributed by atoms with Crippen molar-refractivity contribution in [3.05, 3.63) is 11.4 Å². The highest BCUT2D eigenvalue weighted by atomic mass is 16.2. The maximum absolute atomic E-state index is 11.8. The third kappa shape index (κ3) is 3.37. The molecule has 20 heavy (non-hydrogen) atoms. The number of anilines is 2. The van der Waals surface area contributed by atoms with Gasteiger partial charge in [-0.1, -0.05) is 6.92 Å². The Morgan fingerprint density at radius 3 is 2.75 bits per heavy atom. The summed E-state index contributed by atoms with van der Waals surface area (Å²) in [6, 6.07) is 0. The van der Waals surface area contributed by atoms with E-state index in [1.165, 1.54) is 0 Å². The van der Waals surface area contributed by atoms with Gasteiger partial charge in [0.05, 0.1) is 6.54 Å². The van der Waals surface area contributed by atoms with Crippen LogP contribution in [0.4, 0.5) is 11.6 Å². The lowest BCUT2D eigenvalue weighted by Gasteiger charge is -2.21. The normalized spacial score (nSPS) is 14.2.